The summed E-state index contributed by atoms with van der Waals surface area (Å²) in [5.41, 5.74) is 2.77. The first-order valence-corrected chi connectivity index (χ1v) is 6.22. The molecule has 2 heterocycles. The Morgan fingerprint density at radius 3 is 2.94 bits per heavy atom. The third-order valence-electron chi connectivity index (χ3n) is 2.53. The van der Waals surface area contributed by atoms with E-state index in [1.54, 1.807) is 13.1 Å². The zero-order valence-electron chi connectivity index (χ0n) is 10.4. The molecule has 7 heteroatoms. The zero-order valence-corrected chi connectivity index (χ0v) is 11.2. The summed E-state index contributed by atoms with van der Waals surface area (Å²) in [6, 6.07) is 0. The Labute approximate surface area is 108 Å². The Hall–Kier alpha value is -1.89. The normalized spacial score (nSPS) is 10.4. The van der Waals surface area contributed by atoms with E-state index in [1.807, 2.05) is 6.92 Å². The Morgan fingerprint density at radius 1 is 1.56 bits per heavy atom. The minimum Gasteiger partial charge on any atom is -0.465 e. The molecule has 0 aliphatic rings. The summed E-state index contributed by atoms with van der Waals surface area (Å²) in [5, 5.41) is 10.7. The van der Waals surface area contributed by atoms with E-state index in [-0.39, 0.29) is 5.97 Å². The highest BCUT2D eigenvalue weighted by molar-refractivity contribution is 7.17. The zero-order chi connectivity index (χ0) is 13.1. The van der Waals surface area contributed by atoms with Gasteiger partial charge in [-0.25, -0.2) is 9.78 Å². The van der Waals surface area contributed by atoms with Gasteiger partial charge in [-0.15, -0.1) is 0 Å². The van der Waals surface area contributed by atoms with Gasteiger partial charge in [0.15, 0.2) is 5.13 Å². The minimum absolute atomic E-state index is 0.349. The van der Waals surface area contributed by atoms with Crippen LogP contribution in [0.25, 0.3) is 0 Å². The van der Waals surface area contributed by atoms with Gasteiger partial charge in [-0.3, -0.25) is 5.10 Å². The van der Waals surface area contributed by atoms with Crippen LogP contribution in [0.4, 0.5) is 5.13 Å². The van der Waals surface area contributed by atoms with Crippen molar-refractivity contribution in [1.82, 2.24) is 15.2 Å². The number of H-pyrrole nitrogens is 1. The number of ether oxygens (including phenoxy) is 1. The van der Waals surface area contributed by atoms with E-state index in [4.69, 9.17) is 0 Å². The first-order valence-electron chi connectivity index (χ1n) is 5.40. The number of hydrogen-bond donors (Lipinski definition) is 2. The lowest BCUT2D eigenvalue weighted by molar-refractivity contribution is 0.0605. The molecule has 0 spiro atoms. The molecule has 0 atom stereocenters. The van der Waals surface area contributed by atoms with Gasteiger partial charge in [0.05, 0.1) is 19.0 Å². The number of methoxy groups -OCH3 is 1. The molecule has 0 aromatic carbocycles. The molecule has 96 valence electrons. The van der Waals surface area contributed by atoms with Crippen LogP contribution in [0.1, 0.15) is 26.6 Å². The summed E-state index contributed by atoms with van der Waals surface area (Å²) in [5.74, 6) is -0.349. The third kappa shape index (κ3) is 2.51. The number of aromatic amines is 1. The van der Waals surface area contributed by atoms with Crippen LogP contribution in [0.15, 0.2) is 6.20 Å². The van der Waals surface area contributed by atoms with Crippen molar-refractivity contribution in [3.05, 3.63) is 28.0 Å². The second-order valence-corrected chi connectivity index (χ2v) is 4.80. The highest BCUT2D eigenvalue weighted by Gasteiger charge is 2.15. The van der Waals surface area contributed by atoms with Crippen molar-refractivity contribution in [2.45, 2.75) is 20.4 Å². The van der Waals surface area contributed by atoms with E-state index in [0.29, 0.717) is 22.2 Å². The van der Waals surface area contributed by atoms with Gasteiger partial charge in [0.1, 0.15) is 4.88 Å². The van der Waals surface area contributed by atoms with E-state index in [1.165, 1.54) is 18.4 Å². The van der Waals surface area contributed by atoms with Gasteiger partial charge in [0.25, 0.3) is 0 Å². The SMILES string of the molecule is COC(=O)c1sc(NCc2cn[nH]c2C)nc1C. The Kier molecular flexibility index (Phi) is 3.61. The number of hydrogen-bond acceptors (Lipinski definition) is 6. The van der Waals surface area contributed by atoms with Crippen LogP contribution in [0.2, 0.25) is 0 Å². The summed E-state index contributed by atoms with van der Waals surface area (Å²) >= 11 is 1.29. The molecule has 0 fully saturated rings. The first-order chi connectivity index (χ1) is 8.61. The molecular weight excluding hydrogens is 252 g/mol. The standard InChI is InChI=1S/C11H14N4O2S/c1-6-8(5-13-15-6)4-12-11-14-7(2)9(18-11)10(16)17-3/h5H,4H2,1-3H3,(H,12,14)(H,13,15). The maximum absolute atomic E-state index is 11.4. The Balaban J connectivity index is 2.07. The predicted molar refractivity (Wildman–Crippen MR) is 68.8 cm³/mol. The van der Waals surface area contributed by atoms with Gasteiger partial charge in [-0.1, -0.05) is 11.3 Å². The van der Waals surface area contributed by atoms with Crippen molar-refractivity contribution >= 4 is 22.4 Å². The van der Waals surface area contributed by atoms with Crippen LogP contribution < -0.4 is 5.32 Å². The van der Waals surface area contributed by atoms with E-state index < -0.39 is 0 Å². The lowest BCUT2D eigenvalue weighted by Crippen LogP contribution is -1.99. The highest BCUT2D eigenvalue weighted by atomic mass is 32.1. The molecule has 6 nitrogen and oxygen atoms in total. The van der Waals surface area contributed by atoms with Crippen molar-refractivity contribution in [3.8, 4) is 0 Å². The molecule has 0 radical (unpaired) electrons. The second kappa shape index (κ2) is 5.18. The monoisotopic (exact) mass is 266 g/mol. The van der Waals surface area contributed by atoms with Crippen LogP contribution in [0.5, 0.6) is 0 Å². The number of thiazole rings is 1. The largest absolute Gasteiger partial charge is 0.465 e. The molecule has 2 rings (SSSR count). The van der Waals surface area contributed by atoms with E-state index in [9.17, 15) is 4.79 Å². The lowest BCUT2D eigenvalue weighted by Gasteiger charge is -2.00. The maximum Gasteiger partial charge on any atom is 0.350 e. The maximum atomic E-state index is 11.4. The van der Waals surface area contributed by atoms with E-state index >= 15 is 0 Å². The number of aromatic nitrogens is 3. The predicted octanol–water partition coefficient (Wildman–Crippen LogP) is 1.88. The molecular formula is C11H14N4O2S. The number of rotatable bonds is 4. The molecule has 0 aliphatic heterocycles. The average Bonchev–Trinajstić information content (AvgIpc) is 2.92. The van der Waals surface area contributed by atoms with Crippen LogP contribution >= 0.6 is 11.3 Å². The van der Waals surface area contributed by atoms with Crippen molar-refractivity contribution < 1.29 is 9.53 Å². The number of nitrogens with one attached hydrogen (secondary N) is 2. The molecule has 2 aromatic rings. The number of aryl methyl sites for hydroxylation is 2. The summed E-state index contributed by atoms with van der Waals surface area (Å²) in [4.78, 5) is 16.3. The van der Waals surface area contributed by atoms with E-state index in [2.05, 4.69) is 25.2 Å². The van der Waals surface area contributed by atoms with Crippen molar-refractivity contribution in [2.75, 3.05) is 12.4 Å². The van der Waals surface area contributed by atoms with Gasteiger partial charge in [0.2, 0.25) is 0 Å². The van der Waals surface area contributed by atoms with Gasteiger partial charge in [-0.2, -0.15) is 5.10 Å². The molecule has 0 amide bonds. The first kappa shape index (κ1) is 12.6. The summed E-state index contributed by atoms with van der Waals surface area (Å²) < 4.78 is 4.69. The minimum atomic E-state index is -0.349. The number of esters is 1. The van der Waals surface area contributed by atoms with Gasteiger partial charge < -0.3 is 10.1 Å². The average molecular weight is 266 g/mol. The molecule has 18 heavy (non-hydrogen) atoms. The molecule has 0 aliphatic carbocycles. The van der Waals surface area contributed by atoms with Crippen molar-refractivity contribution in [1.29, 1.82) is 0 Å². The second-order valence-electron chi connectivity index (χ2n) is 3.80. The van der Waals surface area contributed by atoms with Crippen LogP contribution in [-0.4, -0.2) is 28.3 Å². The Morgan fingerprint density at radius 2 is 2.33 bits per heavy atom. The van der Waals surface area contributed by atoms with Crippen molar-refractivity contribution in [3.63, 3.8) is 0 Å². The Bertz CT molecular complexity index is 561. The molecule has 2 aromatic heterocycles. The number of carbonyl (C=O) groups is 1. The molecule has 0 saturated heterocycles. The van der Waals surface area contributed by atoms with Crippen LogP contribution in [-0.2, 0) is 11.3 Å². The van der Waals surface area contributed by atoms with Gasteiger partial charge >= 0.3 is 5.97 Å². The van der Waals surface area contributed by atoms with Crippen molar-refractivity contribution in [2.24, 2.45) is 0 Å². The summed E-state index contributed by atoms with van der Waals surface area (Å²) in [7, 11) is 1.36. The fourth-order valence-corrected chi connectivity index (χ4v) is 2.36. The summed E-state index contributed by atoms with van der Waals surface area (Å²) in [6.07, 6.45) is 1.77. The molecule has 0 saturated carbocycles. The fraction of sp³-hybridized carbons (Fsp3) is 0.364. The third-order valence-corrected chi connectivity index (χ3v) is 3.63. The van der Waals surface area contributed by atoms with Crippen LogP contribution in [0, 0.1) is 13.8 Å². The molecule has 0 unspecified atom stereocenters. The number of carbonyl (C=O) groups excluding carboxylic acids is 1. The lowest BCUT2D eigenvalue weighted by atomic mass is 10.3. The van der Waals surface area contributed by atoms with Gasteiger partial charge in [0, 0.05) is 17.8 Å². The molecule has 0 bridgehead atoms. The fourth-order valence-electron chi connectivity index (χ4n) is 1.48. The highest BCUT2D eigenvalue weighted by Crippen LogP contribution is 2.23. The smallest absolute Gasteiger partial charge is 0.350 e. The number of anilines is 1. The molecule has 2 N–H and O–H groups in total. The topological polar surface area (TPSA) is 79.9 Å². The number of nitrogens with zero attached hydrogens (tertiary/aromatic N) is 2. The van der Waals surface area contributed by atoms with Gasteiger partial charge in [-0.05, 0) is 13.8 Å². The quantitative estimate of drug-likeness (QED) is 0.826. The van der Waals surface area contributed by atoms with Crippen LogP contribution in [0.3, 0.4) is 0 Å². The van der Waals surface area contributed by atoms with E-state index in [0.717, 1.165) is 11.3 Å². The summed E-state index contributed by atoms with van der Waals surface area (Å²) in [6.45, 7) is 4.37.